The van der Waals surface area contributed by atoms with Gasteiger partial charge in [-0.25, -0.2) is 9.78 Å². The van der Waals surface area contributed by atoms with E-state index in [1.807, 2.05) is 18.2 Å². The van der Waals surface area contributed by atoms with E-state index in [0.717, 1.165) is 87.8 Å². The third-order valence-electron chi connectivity index (χ3n) is 9.94. The molecular formula is C33H41N9O5. The number of hydrogen-bond acceptors (Lipinski definition) is 11. The minimum atomic E-state index is -0.209. The molecule has 8 rings (SSSR count). The fraction of sp³-hybridized carbons (Fsp3) is 0.576. The van der Waals surface area contributed by atoms with E-state index < -0.39 is 0 Å². The smallest absolute Gasteiger partial charge is 0.331 e. The Labute approximate surface area is 272 Å². The monoisotopic (exact) mass is 643 g/mol. The van der Waals surface area contributed by atoms with Crippen LogP contribution in [0.3, 0.4) is 0 Å². The number of nitrogens with one attached hydrogen (secondary N) is 1. The first-order chi connectivity index (χ1) is 23.1. The first-order valence-corrected chi connectivity index (χ1v) is 17.0. The Morgan fingerprint density at radius 3 is 2.51 bits per heavy atom. The van der Waals surface area contributed by atoms with Gasteiger partial charge in [0.1, 0.15) is 24.0 Å². The number of ether oxygens (including phenoxy) is 3. The van der Waals surface area contributed by atoms with Crippen molar-refractivity contribution >= 4 is 39.7 Å². The maximum atomic E-state index is 13.7. The van der Waals surface area contributed by atoms with Gasteiger partial charge in [-0.1, -0.05) is 0 Å². The summed E-state index contributed by atoms with van der Waals surface area (Å²) in [5.41, 5.74) is 1.82. The van der Waals surface area contributed by atoms with Crippen LogP contribution in [-0.2, 0) is 20.8 Å². The Bertz CT molecular complexity index is 1800. The first kappa shape index (κ1) is 30.1. The number of amides is 1. The van der Waals surface area contributed by atoms with Gasteiger partial charge in [-0.3, -0.25) is 18.9 Å². The second kappa shape index (κ2) is 13.1. The van der Waals surface area contributed by atoms with Gasteiger partial charge in [0.2, 0.25) is 17.7 Å². The summed E-state index contributed by atoms with van der Waals surface area (Å²) in [4.78, 5) is 49.6. The average Bonchev–Trinajstić information content (AvgIpc) is 3.35. The second-order valence-electron chi connectivity index (χ2n) is 12.9. The molecule has 3 aliphatic heterocycles. The molecule has 1 N–H and O–H groups in total. The fourth-order valence-corrected chi connectivity index (χ4v) is 7.10. The summed E-state index contributed by atoms with van der Waals surface area (Å²) in [6.45, 7) is 5.64. The molecular weight excluding hydrogens is 602 g/mol. The number of imidazole rings is 1. The maximum Gasteiger partial charge on any atom is 0.331 e. The molecule has 248 valence electrons. The van der Waals surface area contributed by atoms with E-state index >= 15 is 0 Å². The highest BCUT2D eigenvalue weighted by atomic mass is 16.5. The van der Waals surface area contributed by atoms with Crippen molar-refractivity contribution in [2.75, 3.05) is 62.8 Å². The number of nitrogens with zero attached hydrogens (tertiary/aromatic N) is 8. The molecule has 1 aliphatic carbocycles. The van der Waals surface area contributed by atoms with Gasteiger partial charge in [-0.15, -0.1) is 0 Å². The van der Waals surface area contributed by atoms with Gasteiger partial charge in [0.15, 0.2) is 5.65 Å². The molecule has 14 heteroatoms. The van der Waals surface area contributed by atoms with Crippen molar-refractivity contribution in [2.24, 2.45) is 0 Å². The van der Waals surface area contributed by atoms with Crippen LogP contribution >= 0.6 is 0 Å². The lowest BCUT2D eigenvalue weighted by molar-refractivity contribution is -0.135. The molecule has 0 bridgehead atoms. The number of hydrogen-bond donors (Lipinski definition) is 1. The average molecular weight is 644 g/mol. The highest BCUT2D eigenvalue weighted by Crippen LogP contribution is 2.32. The maximum absolute atomic E-state index is 13.7. The molecule has 0 atom stereocenters. The van der Waals surface area contributed by atoms with E-state index in [1.54, 1.807) is 26.4 Å². The molecule has 14 nitrogen and oxygen atoms in total. The standard InChI is InChI=1S/C33H41N9O5/c43-29(40-11-2-12-40)21-41-27-20-35-32(38-30(27)42(33(41)44)23-8-15-45-16-9-23)36-22-4-6-24(7-5-22)47-31-25-3-1-10-34-26(25)19-28(37-31)39-13-17-46-18-14-39/h1,3,10,19-20,22-24H,2,4-9,11-18,21H2,(H,35,36,38). The van der Waals surface area contributed by atoms with Crippen LogP contribution in [0.25, 0.3) is 22.1 Å². The zero-order chi connectivity index (χ0) is 31.7. The summed E-state index contributed by atoms with van der Waals surface area (Å²) in [7, 11) is 0. The summed E-state index contributed by atoms with van der Waals surface area (Å²) < 4.78 is 21.0. The van der Waals surface area contributed by atoms with Crippen LogP contribution in [0.1, 0.15) is 51.0 Å². The normalized spacial score (nSPS) is 22.4. The van der Waals surface area contributed by atoms with Gasteiger partial charge >= 0.3 is 5.69 Å². The third kappa shape index (κ3) is 6.11. The summed E-state index contributed by atoms with van der Waals surface area (Å²) in [5.74, 6) is 1.95. The van der Waals surface area contributed by atoms with Gasteiger partial charge in [0.05, 0.1) is 30.3 Å². The van der Waals surface area contributed by atoms with Crippen molar-refractivity contribution in [3.8, 4) is 5.88 Å². The van der Waals surface area contributed by atoms with Crippen LogP contribution in [0.4, 0.5) is 11.8 Å². The zero-order valence-corrected chi connectivity index (χ0v) is 26.6. The number of carbonyl (C=O) groups excluding carboxylic acids is 1. The van der Waals surface area contributed by atoms with Crippen molar-refractivity contribution in [3.05, 3.63) is 41.1 Å². The molecule has 3 saturated heterocycles. The number of anilines is 2. The number of carbonyl (C=O) groups is 1. The predicted molar refractivity (Wildman–Crippen MR) is 175 cm³/mol. The molecule has 1 amide bonds. The Balaban J connectivity index is 0.976. The van der Waals surface area contributed by atoms with Gasteiger partial charge < -0.3 is 29.3 Å². The van der Waals surface area contributed by atoms with E-state index in [0.29, 0.717) is 49.4 Å². The van der Waals surface area contributed by atoms with Crippen LogP contribution in [0.5, 0.6) is 5.88 Å². The van der Waals surface area contributed by atoms with E-state index in [4.69, 9.17) is 24.2 Å². The minimum absolute atomic E-state index is 0.00125. The molecule has 7 heterocycles. The molecule has 1 saturated carbocycles. The molecule has 0 unspecified atom stereocenters. The molecule has 4 aliphatic rings. The summed E-state index contributed by atoms with van der Waals surface area (Å²) >= 11 is 0. The van der Waals surface area contributed by atoms with Crippen LogP contribution in [0, 0.1) is 0 Å². The van der Waals surface area contributed by atoms with Crippen molar-refractivity contribution in [3.63, 3.8) is 0 Å². The van der Waals surface area contributed by atoms with Gasteiger partial charge in [0.25, 0.3) is 0 Å². The molecule has 0 radical (unpaired) electrons. The number of likely N-dealkylation sites (tertiary alicyclic amines) is 1. The van der Waals surface area contributed by atoms with Gasteiger partial charge in [0, 0.05) is 63.7 Å². The van der Waals surface area contributed by atoms with E-state index in [1.165, 1.54) is 0 Å². The largest absolute Gasteiger partial charge is 0.474 e. The Hall–Kier alpha value is -4.30. The first-order valence-electron chi connectivity index (χ1n) is 17.0. The molecule has 4 aromatic heterocycles. The number of morpholine rings is 1. The van der Waals surface area contributed by atoms with E-state index in [9.17, 15) is 9.59 Å². The number of pyridine rings is 2. The minimum Gasteiger partial charge on any atom is -0.474 e. The van der Waals surface area contributed by atoms with Crippen LogP contribution in [-0.4, -0.2) is 105 Å². The third-order valence-corrected chi connectivity index (χ3v) is 9.94. The molecule has 4 aromatic rings. The van der Waals surface area contributed by atoms with Crippen molar-refractivity contribution in [1.82, 2.24) is 34.0 Å². The lowest BCUT2D eigenvalue weighted by atomic mass is 9.93. The van der Waals surface area contributed by atoms with Gasteiger partial charge in [-0.05, 0) is 57.1 Å². The quantitative estimate of drug-likeness (QED) is 0.303. The molecule has 4 fully saturated rings. The predicted octanol–water partition coefficient (Wildman–Crippen LogP) is 2.76. The van der Waals surface area contributed by atoms with Crippen molar-refractivity contribution in [1.29, 1.82) is 0 Å². The Kier molecular flexibility index (Phi) is 8.36. The Morgan fingerprint density at radius 2 is 1.74 bits per heavy atom. The lowest BCUT2D eigenvalue weighted by Crippen LogP contribution is -2.45. The lowest BCUT2D eigenvalue weighted by Gasteiger charge is -2.31. The Morgan fingerprint density at radius 1 is 0.957 bits per heavy atom. The van der Waals surface area contributed by atoms with Crippen LogP contribution < -0.4 is 20.6 Å². The summed E-state index contributed by atoms with van der Waals surface area (Å²) in [6.07, 6.45) is 9.44. The topological polar surface area (TPSA) is 142 Å². The molecule has 47 heavy (non-hydrogen) atoms. The highest BCUT2D eigenvalue weighted by molar-refractivity contribution is 5.86. The van der Waals surface area contributed by atoms with Crippen molar-refractivity contribution < 1.29 is 19.0 Å². The summed E-state index contributed by atoms with van der Waals surface area (Å²) in [5, 5.41) is 4.45. The second-order valence-corrected chi connectivity index (χ2v) is 12.9. The SMILES string of the molecule is O=C(Cn1c(=O)n(C2CCOCC2)c2nc(NC3CCC(Oc4nc(N5CCOCC5)cc5ncccc45)CC3)ncc21)N1CCC1. The highest BCUT2D eigenvalue weighted by Gasteiger charge is 2.29. The number of fused-ring (bicyclic) bond motifs is 2. The van der Waals surface area contributed by atoms with Crippen LogP contribution in [0.15, 0.2) is 35.4 Å². The fourth-order valence-electron chi connectivity index (χ4n) is 7.10. The number of rotatable bonds is 8. The van der Waals surface area contributed by atoms with Crippen LogP contribution in [0.2, 0.25) is 0 Å². The van der Waals surface area contributed by atoms with Crippen molar-refractivity contribution in [2.45, 2.75) is 69.7 Å². The molecule has 0 spiro atoms. The van der Waals surface area contributed by atoms with Gasteiger partial charge in [-0.2, -0.15) is 9.97 Å². The molecule has 0 aromatic carbocycles. The summed E-state index contributed by atoms with van der Waals surface area (Å²) in [6, 6.07) is 6.10. The zero-order valence-electron chi connectivity index (χ0n) is 26.6. The number of aromatic nitrogens is 6. The van der Waals surface area contributed by atoms with E-state index in [2.05, 4.69) is 20.2 Å². The van der Waals surface area contributed by atoms with E-state index in [-0.39, 0.29) is 36.3 Å².